The second kappa shape index (κ2) is 5.39. The van der Waals surface area contributed by atoms with Gasteiger partial charge in [0.25, 0.3) is 0 Å². The van der Waals surface area contributed by atoms with E-state index < -0.39 is 11.4 Å². The Morgan fingerprint density at radius 3 is 2.11 bits per heavy atom. The Labute approximate surface area is 114 Å². The van der Waals surface area contributed by atoms with Gasteiger partial charge >= 0.3 is 12.0 Å². The van der Waals surface area contributed by atoms with E-state index in [0.717, 1.165) is 19.3 Å². The predicted molar refractivity (Wildman–Crippen MR) is 71.9 cm³/mol. The topological polar surface area (TPSA) is 78.4 Å². The molecule has 0 radical (unpaired) electrons. The monoisotopic (exact) mass is 268 g/mol. The first-order valence-corrected chi connectivity index (χ1v) is 7.27. The highest BCUT2D eigenvalue weighted by atomic mass is 16.4. The molecule has 0 aromatic carbocycles. The van der Waals surface area contributed by atoms with Crippen LogP contribution in [0.4, 0.5) is 4.79 Å². The van der Waals surface area contributed by atoms with Crippen molar-refractivity contribution in [1.82, 2.24) is 10.6 Å². The number of rotatable bonds is 6. The first-order chi connectivity index (χ1) is 9.02. The smallest absolute Gasteiger partial charge is 0.314 e. The molecule has 0 bridgehead atoms. The lowest BCUT2D eigenvalue weighted by Crippen LogP contribution is -2.46. The first kappa shape index (κ1) is 14.2. The second-order valence-corrected chi connectivity index (χ2v) is 6.18. The number of nitrogens with one attached hydrogen (secondary N) is 2. The number of hydrogen-bond donors (Lipinski definition) is 3. The van der Waals surface area contributed by atoms with Gasteiger partial charge in [0.15, 0.2) is 0 Å². The minimum Gasteiger partial charge on any atom is -0.481 e. The normalized spacial score (nSPS) is 22.8. The molecule has 3 N–H and O–H groups in total. The summed E-state index contributed by atoms with van der Waals surface area (Å²) < 4.78 is 0. The molecule has 5 nitrogen and oxygen atoms in total. The second-order valence-electron chi connectivity index (χ2n) is 6.18. The molecule has 0 atom stereocenters. The van der Waals surface area contributed by atoms with Crippen molar-refractivity contribution in [3.05, 3.63) is 0 Å². The molecule has 2 fully saturated rings. The van der Waals surface area contributed by atoms with Crippen LogP contribution in [0.5, 0.6) is 0 Å². The number of carbonyl (C=O) groups excluding carboxylic acids is 1. The Balaban J connectivity index is 1.75. The van der Waals surface area contributed by atoms with Crippen molar-refractivity contribution in [2.45, 2.75) is 51.9 Å². The summed E-state index contributed by atoms with van der Waals surface area (Å²) in [6.45, 7) is 3.09. The van der Waals surface area contributed by atoms with Crippen molar-refractivity contribution in [2.24, 2.45) is 10.8 Å². The summed E-state index contributed by atoms with van der Waals surface area (Å²) in [6.07, 6.45) is 6.67. The Hall–Kier alpha value is -1.26. The van der Waals surface area contributed by atoms with Crippen LogP contribution in [-0.2, 0) is 4.79 Å². The van der Waals surface area contributed by atoms with Gasteiger partial charge in [-0.1, -0.05) is 19.8 Å². The van der Waals surface area contributed by atoms with Crippen LogP contribution in [-0.4, -0.2) is 30.2 Å². The van der Waals surface area contributed by atoms with Gasteiger partial charge in [0.2, 0.25) is 0 Å². The Morgan fingerprint density at radius 2 is 1.63 bits per heavy atom. The lowest BCUT2D eigenvalue weighted by Gasteiger charge is -2.24. The maximum Gasteiger partial charge on any atom is 0.314 e. The molecule has 5 heteroatoms. The molecule has 2 rings (SSSR count). The van der Waals surface area contributed by atoms with Crippen molar-refractivity contribution < 1.29 is 14.7 Å². The Kier molecular flexibility index (Phi) is 4.02. The third kappa shape index (κ3) is 3.19. The van der Waals surface area contributed by atoms with E-state index in [1.54, 1.807) is 0 Å². The number of urea groups is 1. The van der Waals surface area contributed by atoms with E-state index in [1.807, 2.05) is 0 Å². The van der Waals surface area contributed by atoms with E-state index in [2.05, 4.69) is 17.6 Å². The minimum absolute atomic E-state index is 0.229. The van der Waals surface area contributed by atoms with Gasteiger partial charge < -0.3 is 15.7 Å². The van der Waals surface area contributed by atoms with E-state index >= 15 is 0 Å². The largest absolute Gasteiger partial charge is 0.481 e. The fourth-order valence-electron chi connectivity index (χ4n) is 2.93. The van der Waals surface area contributed by atoms with Gasteiger partial charge in [-0.3, -0.25) is 4.79 Å². The van der Waals surface area contributed by atoms with Crippen molar-refractivity contribution in [3.63, 3.8) is 0 Å². The van der Waals surface area contributed by atoms with Crippen LogP contribution in [0.1, 0.15) is 51.9 Å². The molecule has 0 aliphatic heterocycles. The Morgan fingerprint density at radius 1 is 1.05 bits per heavy atom. The third-order valence-corrected chi connectivity index (χ3v) is 4.93. The average molecular weight is 268 g/mol. The summed E-state index contributed by atoms with van der Waals surface area (Å²) in [5.41, 5.74) is -0.422. The van der Waals surface area contributed by atoms with Crippen LogP contribution in [0.2, 0.25) is 0 Å². The SMILES string of the molecule is CCC1(CNC(=O)NCC2(C(=O)O)CCCC2)CC1. The molecule has 0 heterocycles. The molecule has 2 aliphatic rings. The number of carboxylic acid groups (broad SMARTS) is 1. The van der Waals surface area contributed by atoms with E-state index in [9.17, 15) is 14.7 Å². The molecule has 108 valence electrons. The van der Waals surface area contributed by atoms with E-state index in [0.29, 0.717) is 24.8 Å². The highest BCUT2D eigenvalue weighted by Crippen LogP contribution is 2.47. The van der Waals surface area contributed by atoms with Crippen molar-refractivity contribution in [2.75, 3.05) is 13.1 Å². The highest BCUT2D eigenvalue weighted by molar-refractivity contribution is 5.78. The molecule has 0 aromatic rings. The molecule has 2 amide bonds. The van der Waals surface area contributed by atoms with E-state index in [4.69, 9.17) is 0 Å². The quantitative estimate of drug-likeness (QED) is 0.690. The van der Waals surface area contributed by atoms with Crippen LogP contribution in [0.15, 0.2) is 0 Å². The predicted octanol–water partition coefficient (Wildman–Crippen LogP) is 2.12. The van der Waals surface area contributed by atoms with Crippen LogP contribution in [0.25, 0.3) is 0 Å². The fraction of sp³-hybridized carbons (Fsp3) is 0.857. The van der Waals surface area contributed by atoms with Crippen LogP contribution >= 0.6 is 0 Å². The summed E-state index contributed by atoms with van der Waals surface area (Å²) in [5, 5.41) is 14.9. The molecular formula is C14H24N2O3. The van der Waals surface area contributed by atoms with Gasteiger partial charge in [0.1, 0.15) is 0 Å². The van der Waals surface area contributed by atoms with E-state index in [-0.39, 0.29) is 12.6 Å². The average Bonchev–Trinajstić information content (AvgIpc) is 3.02. The van der Waals surface area contributed by atoms with Crippen LogP contribution < -0.4 is 10.6 Å². The number of carbonyl (C=O) groups is 2. The Bertz CT molecular complexity index is 358. The zero-order valence-corrected chi connectivity index (χ0v) is 11.6. The maximum absolute atomic E-state index is 11.7. The number of aliphatic carboxylic acids is 1. The molecule has 19 heavy (non-hydrogen) atoms. The van der Waals surface area contributed by atoms with Crippen molar-refractivity contribution in [3.8, 4) is 0 Å². The maximum atomic E-state index is 11.7. The van der Waals surface area contributed by atoms with Gasteiger partial charge in [-0.15, -0.1) is 0 Å². The zero-order valence-electron chi connectivity index (χ0n) is 11.6. The van der Waals surface area contributed by atoms with Gasteiger partial charge in [0, 0.05) is 13.1 Å². The van der Waals surface area contributed by atoms with Crippen molar-refractivity contribution >= 4 is 12.0 Å². The molecule has 2 aliphatic carbocycles. The van der Waals surface area contributed by atoms with Gasteiger partial charge in [-0.05, 0) is 37.5 Å². The third-order valence-electron chi connectivity index (χ3n) is 4.93. The summed E-state index contributed by atoms with van der Waals surface area (Å²) in [6, 6.07) is -0.229. The summed E-state index contributed by atoms with van der Waals surface area (Å²) >= 11 is 0. The first-order valence-electron chi connectivity index (χ1n) is 7.27. The van der Waals surface area contributed by atoms with E-state index in [1.165, 1.54) is 12.8 Å². The van der Waals surface area contributed by atoms with Gasteiger partial charge in [-0.25, -0.2) is 4.79 Å². The summed E-state index contributed by atoms with van der Waals surface area (Å²) in [7, 11) is 0. The zero-order chi connectivity index (χ0) is 13.9. The molecule has 0 spiro atoms. The number of hydrogen-bond acceptors (Lipinski definition) is 2. The number of carboxylic acids is 1. The van der Waals surface area contributed by atoms with Crippen molar-refractivity contribution in [1.29, 1.82) is 0 Å². The highest BCUT2D eigenvalue weighted by Gasteiger charge is 2.42. The molecule has 2 saturated carbocycles. The standard InChI is InChI=1S/C14H24N2O3/c1-2-13(7-8-13)9-15-12(19)16-10-14(11(17)18)5-3-4-6-14/h2-10H2,1H3,(H,17,18)(H2,15,16,19). The van der Waals surface area contributed by atoms with Crippen LogP contribution in [0, 0.1) is 10.8 Å². The van der Waals surface area contributed by atoms with Gasteiger partial charge in [0.05, 0.1) is 5.41 Å². The lowest BCUT2D eigenvalue weighted by molar-refractivity contribution is -0.148. The van der Waals surface area contributed by atoms with Crippen LogP contribution in [0.3, 0.4) is 0 Å². The minimum atomic E-state index is -0.780. The molecule has 0 aromatic heterocycles. The lowest BCUT2D eigenvalue weighted by atomic mass is 9.86. The summed E-state index contributed by atoms with van der Waals surface area (Å²) in [5.74, 6) is -0.780. The molecular weight excluding hydrogens is 244 g/mol. The van der Waals surface area contributed by atoms with Gasteiger partial charge in [-0.2, -0.15) is 0 Å². The fourth-order valence-corrected chi connectivity index (χ4v) is 2.93. The molecule has 0 saturated heterocycles. The number of amides is 2. The summed E-state index contributed by atoms with van der Waals surface area (Å²) in [4.78, 5) is 23.1. The molecule has 0 unspecified atom stereocenters.